The molecule has 1 saturated carbocycles. The minimum atomic E-state index is -0.954. The van der Waals surface area contributed by atoms with Crippen LogP contribution in [0.3, 0.4) is 0 Å². The molecule has 3 heterocycles. The Balaban J connectivity index is 1.61. The Labute approximate surface area is 180 Å². The number of pyridine rings is 2. The summed E-state index contributed by atoms with van der Waals surface area (Å²) in [4.78, 5) is 32.3. The number of carbonyl (C=O) groups excluding carboxylic acids is 2. The van der Waals surface area contributed by atoms with Gasteiger partial charge < -0.3 is 14.8 Å². The number of likely N-dealkylation sites (tertiary alicyclic amines) is 1. The van der Waals surface area contributed by atoms with Crippen molar-refractivity contribution in [2.45, 2.75) is 37.9 Å². The fraction of sp³-hybridized carbons (Fsp3) is 0.455. The van der Waals surface area contributed by atoms with Gasteiger partial charge in [-0.15, -0.1) is 0 Å². The molecule has 31 heavy (non-hydrogen) atoms. The molecule has 1 amide bonds. The van der Waals surface area contributed by atoms with E-state index in [0.29, 0.717) is 36.5 Å². The number of rotatable bonds is 6. The maximum atomic E-state index is 13.7. The van der Waals surface area contributed by atoms with Crippen LogP contribution in [0.5, 0.6) is 0 Å². The molecule has 1 unspecified atom stereocenters. The predicted octanol–water partition coefficient (Wildman–Crippen LogP) is 2.17. The van der Waals surface area contributed by atoms with Crippen LogP contribution in [0.25, 0.3) is 0 Å². The summed E-state index contributed by atoms with van der Waals surface area (Å²) in [5.41, 5.74) is 1.86. The number of nitrogens with zero attached hydrogens (tertiary/aromatic N) is 6. The van der Waals surface area contributed by atoms with Gasteiger partial charge in [0.25, 0.3) is 5.91 Å². The molecule has 0 bridgehead atoms. The van der Waals surface area contributed by atoms with Crippen molar-refractivity contribution in [2.24, 2.45) is 5.10 Å². The fourth-order valence-corrected chi connectivity index (χ4v) is 3.82. The van der Waals surface area contributed by atoms with E-state index < -0.39 is 6.17 Å². The quantitative estimate of drug-likeness (QED) is 0.523. The van der Waals surface area contributed by atoms with Crippen molar-refractivity contribution in [1.29, 1.82) is 0 Å². The van der Waals surface area contributed by atoms with E-state index in [1.807, 2.05) is 18.2 Å². The molecule has 4 rings (SSSR count). The van der Waals surface area contributed by atoms with Crippen molar-refractivity contribution >= 4 is 23.8 Å². The first-order chi connectivity index (χ1) is 15.0. The van der Waals surface area contributed by atoms with Crippen LogP contribution in [0.2, 0.25) is 0 Å². The molecule has 1 aliphatic carbocycles. The van der Waals surface area contributed by atoms with Gasteiger partial charge in [0.05, 0.1) is 12.1 Å². The average Bonchev–Trinajstić information content (AvgIpc) is 3.59. The van der Waals surface area contributed by atoms with Gasteiger partial charge in [0.2, 0.25) is 6.41 Å². The van der Waals surface area contributed by atoms with Crippen LogP contribution in [0.4, 0.5) is 15.9 Å². The zero-order valence-electron chi connectivity index (χ0n) is 17.8. The summed E-state index contributed by atoms with van der Waals surface area (Å²) in [5.74, 6) is 0.541. The first kappa shape index (κ1) is 21.0. The van der Waals surface area contributed by atoms with Gasteiger partial charge in [0.1, 0.15) is 12.0 Å². The lowest BCUT2D eigenvalue weighted by atomic mass is 10.1. The molecule has 9 heteroatoms. The van der Waals surface area contributed by atoms with Crippen LogP contribution in [-0.2, 0) is 4.79 Å². The third-order valence-corrected chi connectivity index (χ3v) is 5.45. The molecule has 2 aromatic heterocycles. The third kappa shape index (κ3) is 4.76. The van der Waals surface area contributed by atoms with Gasteiger partial charge in [-0.2, -0.15) is 5.10 Å². The molecule has 2 aliphatic rings. The summed E-state index contributed by atoms with van der Waals surface area (Å²) >= 11 is 0. The Morgan fingerprint density at radius 3 is 2.68 bits per heavy atom. The molecule has 0 N–H and O–H groups in total. The number of anilines is 2. The van der Waals surface area contributed by atoms with Gasteiger partial charge in [-0.25, -0.2) is 9.37 Å². The van der Waals surface area contributed by atoms with E-state index in [2.05, 4.69) is 15.0 Å². The zero-order valence-corrected chi connectivity index (χ0v) is 17.8. The van der Waals surface area contributed by atoms with Gasteiger partial charge in [-0.05, 0) is 43.9 Å². The number of amides is 1. The van der Waals surface area contributed by atoms with Gasteiger partial charge in [0.15, 0.2) is 5.49 Å². The number of halogens is 1. The van der Waals surface area contributed by atoms with Crippen molar-refractivity contribution in [3.8, 4) is 0 Å². The van der Waals surface area contributed by atoms with Crippen molar-refractivity contribution < 1.29 is 14.0 Å². The largest absolute Gasteiger partial charge is 0.336 e. The SMILES string of the molecule is CN(C)/N=c1/cc(N(c2ccc(C(=O)N3CCCC(F)C3)cn2)C2CC2)ccn1C=O. The van der Waals surface area contributed by atoms with Crippen LogP contribution < -0.4 is 10.4 Å². The smallest absolute Gasteiger partial charge is 0.255 e. The van der Waals surface area contributed by atoms with Crippen LogP contribution in [0.1, 0.15) is 36.0 Å². The Bertz CT molecular complexity index is 1020. The Morgan fingerprint density at radius 1 is 1.26 bits per heavy atom. The maximum absolute atomic E-state index is 13.7. The summed E-state index contributed by atoms with van der Waals surface area (Å²) in [7, 11) is 3.59. The summed E-state index contributed by atoms with van der Waals surface area (Å²) in [6, 6.07) is 7.59. The lowest BCUT2D eigenvalue weighted by Gasteiger charge is -2.29. The van der Waals surface area contributed by atoms with Crippen molar-refractivity contribution in [3.05, 3.63) is 47.7 Å². The highest BCUT2D eigenvalue weighted by Gasteiger charge is 2.32. The second-order valence-electron chi connectivity index (χ2n) is 8.20. The summed E-state index contributed by atoms with van der Waals surface area (Å²) in [6.07, 6.45) is 6.28. The van der Waals surface area contributed by atoms with Gasteiger partial charge >= 0.3 is 0 Å². The number of carbonyl (C=O) groups is 2. The highest BCUT2D eigenvalue weighted by atomic mass is 19.1. The number of hydrogen-bond acceptors (Lipinski definition) is 6. The molecular formula is C22H27FN6O2. The second kappa shape index (κ2) is 8.87. The molecule has 164 valence electrons. The van der Waals surface area contributed by atoms with E-state index >= 15 is 0 Å². The van der Waals surface area contributed by atoms with Gasteiger partial charge in [-0.3, -0.25) is 14.2 Å². The zero-order chi connectivity index (χ0) is 22.0. The first-order valence-electron chi connectivity index (χ1n) is 10.5. The van der Waals surface area contributed by atoms with E-state index in [0.717, 1.165) is 30.8 Å². The van der Waals surface area contributed by atoms with Crippen LogP contribution in [0.15, 0.2) is 41.8 Å². The summed E-state index contributed by atoms with van der Waals surface area (Å²) in [6.45, 7) is 0.724. The van der Waals surface area contributed by atoms with Crippen molar-refractivity contribution in [1.82, 2.24) is 19.5 Å². The fourth-order valence-electron chi connectivity index (χ4n) is 3.82. The maximum Gasteiger partial charge on any atom is 0.255 e. The standard InChI is InChI=1S/C22H27FN6O2/c1-26(2)25-21-12-19(9-11-28(21)15-30)29(18-6-7-18)20-8-5-16(13-24-20)22(31)27-10-3-4-17(23)14-27/h5,8-9,11-13,15,17-18H,3-4,6-7,10,14H2,1-2H3/b25-21-. The van der Waals surface area contributed by atoms with E-state index in [9.17, 15) is 14.0 Å². The highest BCUT2D eigenvalue weighted by Crippen LogP contribution is 2.36. The molecule has 0 aromatic carbocycles. The molecule has 0 radical (unpaired) electrons. The predicted molar refractivity (Wildman–Crippen MR) is 115 cm³/mol. The minimum Gasteiger partial charge on any atom is -0.336 e. The van der Waals surface area contributed by atoms with Gasteiger partial charge in [0, 0.05) is 50.8 Å². The number of hydrogen-bond donors (Lipinski definition) is 0. The monoisotopic (exact) mass is 426 g/mol. The summed E-state index contributed by atoms with van der Waals surface area (Å²) in [5, 5.41) is 6.02. The normalized spacial score (nSPS) is 19.3. The Kier molecular flexibility index (Phi) is 6.01. The van der Waals surface area contributed by atoms with E-state index in [1.54, 1.807) is 42.5 Å². The van der Waals surface area contributed by atoms with Crippen LogP contribution >= 0.6 is 0 Å². The molecule has 8 nitrogen and oxygen atoms in total. The molecule has 1 saturated heterocycles. The number of aromatic nitrogens is 2. The molecule has 0 spiro atoms. The first-order valence-corrected chi connectivity index (χ1v) is 10.5. The lowest BCUT2D eigenvalue weighted by Crippen LogP contribution is -2.40. The van der Waals surface area contributed by atoms with Crippen molar-refractivity contribution in [3.63, 3.8) is 0 Å². The topological polar surface area (TPSA) is 74.0 Å². The van der Waals surface area contributed by atoms with Crippen LogP contribution in [-0.4, -0.2) is 71.2 Å². The average molecular weight is 426 g/mol. The Morgan fingerprint density at radius 2 is 2.06 bits per heavy atom. The van der Waals surface area contributed by atoms with Crippen molar-refractivity contribution in [2.75, 3.05) is 32.1 Å². The van der Waals surface area contributed by atoms with E-state index in [1.165, 1.54) is 4.57 Å². The second-order valence-corrected chi connectivity index (χ2v) is 8.20. The highest BCUT2D eigenvalue weighted by molar-refractivity contribution is 5.94. The molecule has 1 aliphatic heterocycles. The summed E-state index contributed by atoms with van der Waals surface area (Å²) < 4.78 is 15.1. The number of piperidine rings is 1. The minimum absolute atomic E-state index is 0.147. The lowest BCUT2D eigenvalue weighted by molar-refractivity contribution is 0.0635. The molecule has 2 aromatic rings. The van der Waals surface area contributed by atoms with Crippen LogP contribution in [0, 0.1) is 0 Å². The van der Waals surface area contributed by atoms with E-state index in [4.69, 9.17) is 0 Å². The third-order valence-electron chi connectivity index (χ3n) is 5.45. The Hall–Kier alpha value is -3.23. The van der Waals surface area contributed by atoms with Gasteiger partial charge in [-0.1, -0.05) is 0 Å². The molecule has 1 atom stereocenters. The molecule has 2 fully saturated rings. The molecular weight excluding hydrogens is 399 g/mol. The number of alkyl halides is 1. The van der Waals surface area contributed by atoms with E-state index in [-0.39, 0.29) is 12.5 Å².